The van der Waals surface area contributed by atoms with Crippen LogP contribution in [-0.4, -0.2) is 12.5 Å². The zero-order valence-corrected chi connectivity index (χ0v) is 13.4. The number of carbonyl (C=O) groups is 1. The Morgan fingerprint density at radius 3 is 2.65 bits per heavy atom. The van der Waals surface area contributed by atoms with Gasteiger partial charge in [-0.25, -0.2) is 0 Å². The van der Waals surface area contributed by atoms with E-state index in [1.165, 1.54) is 4.88 Å². The summed E-state index contributed by atoms with van der Waals surface area (Å²) in [5.74, 6) is 0.690. The second kappa shape index (κ2) is 7.76. The van der Waals surface area contributed by atoms with Crippen molar-refractivity contribution >= 4 is 17.2 Å². The normalized spacial score (nSPS) is 12.0. The minimum absolute atomic E-state index is 0.0190. The van der Waals surface area contributed by atoms with Gasteiger partial charge in [-0.1, -0.05) is 36.4 Å². The van der Waals surface area contributed by atoms with Crippen LogP contribution in [0.3, 0.4) is 0 Å². The molecule has 1 amide bonds. The van der Waals surface area contributed by atoms with Crippen LogP contribution in [0, 0.1) is 0 Å². The summed E-state index contributed by atoms with van der Waals surface area (Å²) in [7, 11) is 0. The first-order chi connectivity index (χ1) is 11.3. The number of rotatable bonds is 7. The zero-order valence-electron chi connectivity index (χ0n) is 12.6. The molecule has 2 heterocycles. The Bertz CT molecular complexity index is 709. The molecule has 0 bridgehead atoms. The van der Waals surface area contributed by atoms with Crippen LogP contribution in [0.15, 0.2) is 70.7 Å². The molecule has 4 nitrogen and oxygen atoms in total. The average Bonchev–Trinajstić information content (AvgIpc) is 3.28. The molecule has 2 N–H and O–H groups in total. The van der Waals surface area contributed by atoms with Gasteiger partial charge in [-0.05, 0) is 29.1 Å². The molecule has 0 fully saturated rings. The first-order valence-electron chi connectivity index (χ1n) is 7.44. The van der Waals surface area contributed by atoms with Crippen molar-refractivity contribution in [2.24, 2.45) is 0 Å². The van der Waals surface area contributed by atoms with Gasteiger partial charge in [0, 0.05) is 4.88 Å². The van der Waals surface area contributed by atoms with E-state index in [4.69, 9.17) is 4.42 Å². The maximum Gasteiger partial charge on any atom is 0.234 e. The lowest BCUT2D eigenvalue weighted by Gasteiger charge is -2.17. The molecular formula is C18H18N2O2S. The molecule has 1 atom stereocenters. The molecule has 3 aromatic rings. The van der Waals surface area contributed by atoms with Crippen LogP contribution >= 0.6 is 11.3 Å². The summed E-state index contributed by atoms with van der Waals surface area (Å²) in [6, 6.07) is 17.9. The van der Waals surface area contributed by atoms with Crippen molar-refractivity contribution in [3.8, 4) is 0 Å². The van der Waals surface area contributed by atoms with E-state index >= 15 is 0 Å². The van der Waals surface area contributed by atoms with Gasteiger partial charge < -0.3 is 9.73 Å². The Morgan fingerprint density at radius 1 is 1.09 bits per heavy atom. The summed E-state index contributed by atoms with van der Waals surface area (Å²) in [5.41, 5.74) is 1.15. The summed E-state index contributed by atoms with van der Waals surface area (Å²) < 4.78 is 5.20. The van der Waals surface area contributed by atoms with Gasteiger partial charge in [0.2, 0.25) is 5.91 Å². The molecule has 0 saturated heterocycles. The highest BCUT2D eigenvalue weighted by Crippen LogP contribution is 2.25. The van der Waals surface area contributed by atoms with E-state index in [1.807, 2.05) is 41.8 Å². The van der Waals surface area contributed by atoms with Crippen molar-refractivity contribution < 1.29 is 9.21 Å². The number of carbonyl (C=O) groups excluding carboxylic acids is 1. The van der Waals surface area contributed by atoms with Gasteiger partial charge in [-0.3, -0.25) is 10.1 Å². The first kappa shape index (κ1) is 15.5. The van der Waals surface area contributed by atoms with Gasteiger partial charge in [-0.15, -0.1) is 11.3 Å². The molecule has 2 aromatic heterocycles. The van der Waals surface area contributed by atoms with E-state index < -0.39 is 0 Å². The summed E-state index contributed by atoms with van der Waals surface area (Å²) >= 11 is 1.68. The third kappa shape index (κ3) is 4.31. The predicted molar refractivity (Wildman–Crippen MR) is 91.2 cm³/mol. The van der Waals surface area contributed by atoms with Gasteiger partial charge in [0.15, 0.2) is 0 Å². The third-order valence-electron chi connectivity index (χ3n) is 3.47. The molecule has 0 aliphatic rings. The second-order valence-corrected chi connectivity index (χ2v) is 6.08. The number of hydrogen-bond acceptors (Lipinski definition) is 4. The molecular weight excluding hydrogens is 308 g/mol. The number of thiophene rings is 1. The fraction of sp³-hybridized carbons (Fsp3) is 0.167. The highest BCUT2D eigenvalue weighted by molar-refractivity contribution is 7.10. The van der Waals surface area contributed by atoms with Crippen LogP contribution < -0.4 is 10.6 Å². The number of benzene rings is 1. The van der Waals surface area contributed by atoms with Gasteiger partial charge in [0.05, 0.1) is 25.4 Å². The monoisotopic (exact) mass is 326 g/mol. The van der Waals surface area contributed by atoms with E-state index in [0.29, 0.717) is 6.54 Å². The fourth-order valence-corrected chi connectivity index (χ4v) is 3.17. The van der Waals surface area contributed by atoms with Crippen LogP contribution in [0.25, 0.3) is 0 Å². The lowest BCUT2D eigenvalue weighted by molar-refractivity contribution is -0.120. The van der Waals surface area contributed by atoms with E-state index in [0.717, 1.165) is 11.3 Å². The fourth-order valence-electron chi connectivity index (χ4n) is 2.34. The molecule has 118 valence electrons. The van der Waals surface area contributed by atoms with Crippen molar-refractivity contribution in [2.75, 3.05) is 6.54 Å². The largest absolute Gasteiger partial charge is 0.467 e. The standard InChI is InChI=1S/C18H18N2O2S/c21-17(19-12-15-8-4-10-22-15)13-20-18(16-9-5-11-23-16)14-6-2-1-3-7-14/h1-11,18,20H,12-13H2,(H,19,21)/t18-/m0/s1. The van der Waals surface area contributed by atoms with Crippen LogP contribution in [0.2, 0.25) is 0 Å². The van der Waals surface area contributed by atoms with Crippen molar-refractivity contribution in [1.29, 1.82) is 0 Å². The molecule has 0 unspecified atom stereocenters. The van der Waals surface area contributed by atoms with Gasteiger partial charge in [0.1, 0.15) is 5.76 Å². The molecule has 5 heteroatoms. The summed E-state index contributed by atoms with van der Waals surface area (Å²) in [6.45, 7) is 0.653. The Labute approximate surface area is 139 Å². The minimum Gasteiger partial charge on any atom is -0.467 e. The molecule has 0 aliphatic carbocycles. The maximum atomic E-state index is 12.0. The Hall–Kier alpha value is -2.37. The van der Waals surface area contributed by atoms with Crippen LogP contribution in [0.4, 0.5) is 0 Å². The van der Waals surface area contributed by atoms with E-state index in [-0.39, 0.29) is 18.5 Å². The van der Waals surface area contributed by atoms with Gasteiger partial charge in [0.25, 0.3) is 0 Å². The highest BCUT2D eigenvalue weighted by Gasteiger charge is 2.15. The van der Waals surface area contributed by atoms with Crippen molar-refractivity contribution in [2.45, 2.75) is 12.6 Å². The van der Waals surface area contributed by atoms with Crippen LogP contribution in [0.5, 0.6) is 0 Å². The molecule has 0 aliphatic heterocycles. The molecule has 0 saturated carbocycles. The van der Waals surface area contributed by atoms with Crippen molar-refractivity contribution in [3.63, 3.8) is 0 Å². The Kier molecular flexibility index (Phi) is 5.24. The Morgan fingerprint density at radius 2 is 1.96 bits per heavy atom. The molecule has 0 spiro atoms. The van der Waals surface area contributed by atoms with Crippen LogP contribution in [0.1, 0.15) is 22.2 Å². The SMILES string of the molecule is O=C(CN[C@@H](c1ccccc1)c1cccs1)NCc1ccco1. The predicted octanol–water partition coefficient (Wildman–Crippen LogP) is 3.34. The lowest BCUT2D eigenvalue weighted by atomic mass is 10.1. The number of furan rings is 1. The summed E-state index contributed by atoms with van der Waals surface area (Å²) in [6.07, 6.45) is 1.60. The third-order valence-corrected chi connectivity index (χ3v) is 4.40. The number of amides is 1. The molecule has 23 heavy (non-hydrogen) atoms. The smallest absolute Gasteiger partial charge is 0.234 e. The van der Waals surface area contributed by atoms with E-state index in [1.54, 1.807) is 17.6 Å². The average molecular weight is 326 g/mol. The van der Waals surface area contributed by atoms with Crippen molar-refractivity contribution in [3.05, 3.63) is 82.4 Å². The highest BCUT2D eigenvalue weighted by atomic mass is 32.1. The number of hydrogen-bond donors (Lipinski definition) is 2. The molecule has 1 aromatic carbocycles. The van der Waals surface area contributed by atoms with Crippen molar-refractivity contribution in [1.82, 2.24) is 10.6 Å². The quantitative estimate of drug-likeness (QED) is 0.700. The van der Waals surface area contributed by atoms with Gasteiger partial charge >= 0.3 is 0 Å². The number of nitrogens with one attached hydrogen (secondary N) is 2. The van der Waals surface area contributed by atoms with Gasteiger partial charge in [-0.2, -0.15) is 0 Å². The maximum absolute atomic E-state index is 12.0. The van der Waals surface area contributed by atoms with E-state index in [9.17, 15) is 4.79 Å². The Balaban J connectivity index is 1.59. The molecule has 0 radical (unpaired) electrons. The zero-order chi connectivity index (χ0) is 15.9. The summed E-state index contributed by atoms with van der Waals surface area (Å²) in [4.78, 5) is 13.2. The van der Waals surface area contributed by atoms with Crippen LogP contribution in [-0.2, 0) is 11.3 Å². The molecule has 3 rings (SSSR count). The topological polar surface area (TPSA) is 54.3 Å². The minimum atomic E-state index is -0.0566. The first-order valence-corrected chi connectivity index (χ1v) is 8.32. The summed E-state index contributed by atoms with van der Waals surface area (Å²) in [5, 5.41) is 8.23. The second-order valence-electron chi connectivity index (χ2n) is 5.10. The van der Waals surface area contributed by atoms with E-state index in [2.05, 4.69) is 28.8 Å². The lowest BCUT2D eigenvalue weighted by Crippen LogP contribution is -2.35.